The SMILES string of the molecule is COc1cc(S(N)(=O)=O)ccc1NCC#Cc1cc2c(NC3CCC(N4CC5(COC5)C4)CC3)cccc2n1CC(F)(F)F. The molecule has 3 heterocycles. The number of methoxy groups -OCH3 is 1. The lowest BCUT2D eigenvalue weighted by Gasteiger charge is -2.58. The second-order valence-electron chi connectivity index (χ2n) is 12.1. The van der Waals surface area contributed by atoms with E-state index in [0.717, 1.165) is 57.7 Å². The van der Waals surface area contributed by atoms with Gasteiger partial charge in [-0.2, -0.15) is 13.2 Å². The number of likely N-dealkylation sites (tertiary alicyclic amines) is 1. The third-order valence-electron chi connectivity index (χ3n) is 8.83. The molecule has 2 aliphatic heterocycles. The number of hydrogen-bond donors (Lipinski definition) is 3. The van der Waals surface area contributed by atoms with Gasteiger partial charge >= 0.3 is 6.18 Å². The Labute approximate surface area is 254 Å². The highest BCUT2D eigenvalue weighted by atomic mass is 32.2. The number of benzene rings is 2. The van der Waals surface area contributed by atoms with Gasteiger partial charge in [0.05, 0.1) is 48.7 Å². The van der Waals surface area contributed by atoms with Gasteiger partial charge in [-0.25, -0.2) is 13.6 Å². The van der Waals surface area contributed by atoms with Gasteiger partial charge in [-0.05, 0) is 61.9 Å². The molecule has 0 radical (unpaired) electrons. The number of ether oxygens (including phenoxy) is 2. The van der Waals surface area contributed by atoms with E-state index in [0.29, 0.717) is 28.0 Å². The molecule has 1 saturated carbocycles. The smallest absolute Gasteiger partial charge is 0.406 e. The second-order valence-corrected chi connectivity index (χ2v) is 13.6. The van der Waals surface area contributed by atoms with Crippen molar-refractivity contribution in [1.29, 1.82) is 0 Å². The fourth-order valence-corrected chi connectivity index (χ4v) is 7.11. The number of nitrogens with one attached hydrogen (secondary N) is 2. The predicted octanol–water partition coefficient (Wildman–Crippen LogP) is 4.38. The van der Waals surface area contributed by atoms with Crippen molar-refractivity contribution in [2.24, 2.45) is 10.6 Å². The van der Waals surface area contributed by atoms with E-state index in [9.17, 15) is 21.6 Å². The molecule has 13 heteroatoms. The highest BCUT2D eigenvalue weighted by molar-refractivity contribution is 7.89. The molecule has 4 N–H and O–H groups in total. The molecule has 3 aliphatic rings. The Morgan fingerprint density at radius 3 is 2.48 bits per heavy atom. The number of sulfonamides is 1. The van der Waals surface area contributed by atoms with E-state index >= 15 is 0 Å². The maximum atomic E-state index is 13.6. The van der Waals surface area contributed by atoms with Gasteiger partial charge in [0, 0.05) is 47.7 Å². The van der Waals surface area contributed by atoms with Crippen LogP contribution in [0.25, 0.3) is 10.9 Å². The summed E-state index contributed by atoms with van der Waals surface area (Å²) < 4.78 is 76.1. The molecule has 2 saturated heterocycles. The van der Waals surface area contributed by atoms with Crippen LogP contribution in [0.1, 0.15) is 31.4 Å². The highest BCUT2D eigenvalue weighted by Crippen LogP contribution is 2.41. The summed E-state index contributed by atoms with van der Waals surface area (Å²) >= 11 is 0. The topological polar surface area (TPSA) is 111 Å². The van der Waals surface area contributed by atoms with Gasteiger partial charge in [0.2, 0.25) is 10.0 Å². The second kappa shape index (κ2) is 11.8. The number of aromatic nitrogens is 1. The number of rotatable bonds is 8. The lowest BCUT2D eigenvalue weighted by Crippen LogP contribution is -2.68. The average Bonchev–Trinajstić information content (AvgIpc) is 3.26. The summed E-state index contributed by atoms with van der Waals surface area (Å²) in [5.74, 6) is 6.04. The minimum Gasteiger partial charge on any atom is -0.495 e. The number of halogens is 3. The zero-order valence-corrected chi connectivity index (χ0v) is 25.2. The molecular formula is C31H36F3N5O4S. The number of anilines is 2. The van der Waals surface area contributed by atoms with E-state index in [2.05, 4.69) is 27.4 Å². The summed E-state index contributed by atoms with van der Waals surface area (Å²) in [4.78, 5) is 2.47. The van der Waals surface area contributed by atoms with Crippen molar-refractivity contribution in [3.8, 4) is 17.6 Å². The number of nitrogens with two attached hydrogens (primary N) is 1. The van der Waals surface area contributed by atoms with Crippen molar-refractivity contribution in [1.82, 2.24) is 9.47 Å². The zero-order valence-electron chi connectivity index (χ0n) is 24.4. The van der Waals surface area contributed by atoms with Gasteiger partial charge in [-0.15, -0.1) is 0 Å². The van der Waals surface area contributed by atoms with Crippen LogP contribution in [0.2, 0.25) is 0 Å². The molecular weight excluding hydrogens is 595 g/mol. The first-order valence-corrected chi connectivity index (χ1v) is 16.2. The van der Waals surface area contributed by atoms with E-state index in [1.807, 2.05) is 6.07 Å². The van der Waals surface area contributed by atoms with Crippen molar-refractivity contribution in [2.45, 2.75) is 55.4 Å². The Hall–Kier alpha value is -3.44. The van der Waals surface area contributed by atoms with Crippen LogP contribution in [0.15, 0.2) is 47.4 Å². The molecule has 0 bridgehead atoms. The third kappa shape index (κ3) is 6.49. The summed E-state index contributed by atoms with van der Waals surface area (Å²) in [5.41, 5.74) is 2.39. The zero-order chi connectivity index (χ0) is 31.1. The quantitative estimate of drug-likeness (QED) is 0.317. The van der Waals surface area contributed by atoms with E-state index in [1.54, 1.807) is 18.2 Å². The van der Waals surface area contributed by atoms with Crippen molar-refractivity contribution in [2.75, 3.05) is 50.6 Å². The van der Waals surface area contributed by atoms with Crippen LogP contribution in [-0.4, -0.2) is 76.1 Å². The van der Waals surface area contributed by atoms with E-state index in [-0.39, 0.29) is 28.9 Å². The monoisotopic (exact) mass is 631 g/mol. The Kier molecular flexibility index (Phi) is 8.21. The van der Waals surface area contributed by atoms with Gasteiger partial charge in [0.1, 0.15) is 12.3 Å². The van der Waals surface area contributed by atoms with Crippen LogP contribution >= 0.6 is 0 Å². The molecule has 9 nitrogen and oxygen atoms in total. The predicted molar refractivity (Wildman–Crippen MR) is 162 cm³/mol. The number of nitrogens with zero attached hydrogens (tertiary/aromatic N) is 2. The standard InChI is InChI=1S/C31H36F3N5O4S/c1-42-29-15-24(44(35,40)41)11-12-27(29)36-13-3-4-23-14-25-26(5-2-6-28(25)39(23)18-31(32,33)34)37-21-7-9-22(10-8-21)38-16-30(17-38)19-43-20-30/h2,5-6,11-12,14-15,21-22,36-37H,7-10,13,16-20H2,1H3,(H2,35,40,41). The molecule has 3 fully saturated rings. The molecule has 1 aromatic heterocycles. The van der Waals surface area contributed by atoms with Crippen LogP contribution in [0.5, 0.6) is 5.75 Å². The summed E-state index contributed by atoms with van der Waals surface area (Å²) in [5, 5.41) is 12.5. The highest BCUT2D eigenvalue weighted by Gasteiger charge is 2.50. The van der Waals surface area contributed by atoms with E-state index < -0.39 is 22.7 Å². The Morgan fingerprint density at radius 2 is 1.84 bits per heavy atom. The van der Waals surface area contributed by atoms with Crippen LogP contribution in [0.3, 0.4) is 0 Å². The first-order chi connectivity index (χ1) is 20.9. The summed E-state index contributed by atoms with van der Waals surface area (Å²) in [6.45, 7) is 2.94. The number of fused-ring (bicyclic) bond motifs is 1. The lowest BCUT2D eigenvalue weighted by molar-refractivity contribution is -0.200. The molecule has 44 heavy (non-hydrogen) atoms. The molecule has 0 amide bonds. The lowest BCUT2D eigenvalue weighted by atomic mass is 9.75. The van der Waals surface area contributed by atoms with Crippen molar-refractivity contribution >= 4 is 32.3 Å². The fraction of sp³-hybridized carbons (Fsp3) is 0.484. The number of primary sulfonamides is 1. The molecule has 6 rings (SSSR count). The molecule has 1 spiro atoms. The normalized spacial score (nSPS) is 21.7. The van der Waals surface area contributed by atoms with Crippen molar-refractivity contribution in [3.63, 3.8) is 0 Å². The Morgan fingerprint density at radius 1 is 1.09 bits per heavy atom. The maximum absolute atomic E-state index is 13.6. The summed E-state index contributed by atoms with van der Waals surface area (Å²) in [6, 6.07) is 12.1. The van der Waals surface area contributed by atoms with Crippen molar-refractivity contribution < 1.29 is 31.1 Å². The average molecular weight is 632 g/mol. The number of hydrogen-bond acceptors (Lipinski definition) is 7. The van der Waals surface area contributed by atoms with E-state index in [1.165, 1.54) is 29.9 Å². The van der Waals surface area contributed by atoms with Gasteiger partial charge < -0.3 is 24.7 Å². The first-order valence-electron chi connectivity index (χ1n) is 14.6. The van der Waals surface area contributed by atoms with Crippen molar-refractivity contribution in [3.05, 3.63) is 48.2 Å². The van der Waals surface area contributed by atoms with Crippen LogP contribution in [-0.2, 0) is 21.3 Å². The first kappa shape index (κ1) is 30.6. The van der Waals surface area contributed by atoms with Gasteiger partial charge in [-0.3, -0.25) is 4.90 Å². The van der Waals surface area contributed by atoms with E-state index in [4.69, 9.17) is 14.6 Å². The minimum absolute atomic E-state index is 0.0815. The third-order valence-corrected chi connectivity index (χ3v) is 9.75. The summed E-state index contributed by atoms with van der Waals surface area (Å²) in [7, 11) is -2.52. The van der Waals surface area contributed by atoms with Crippen LogP contribution in [0, 0.1) is 17.3 Å². The molecule has 2 aromatic carbocycles. The number of alkyl halides is 3. The minimum atomic E-state index is -4.43. The van der Waals surface area contributed by atoms with Crippen LogP contribution < -0.4 is 20.5 Å². The molecule has 1 aliphatic carbocycles. The Bertz CT molecular complexity index is 1690. The molecule has 3 aromatic rings. The van der Waals surface area contributed by atoms with Gasteiger partial charge in [0.15, 0.2) is 0 Å². The summed E-state index contributed by atoms with van der Waals surface area (Å²) in [6.07, 6.45) is -0.228. The van der Waals surface area contributed by atoms with Gasteiger partial charge in [0.25, 0.3) is 0 Å². The molecule has 236 valence electrons. The largest absolute Gasteiger partial charge is 0.495 e. The van der Waals surface area contributed by atoms with Crippen LogP contribution in [0.4, 0.5) is 24.5 Å². The maximum Gasteiger partial charge on any atom is 0.406 e. The van der Waals surface area contributed by atoms with Gasteiger partial charge in [-0.1, -0.05) is 12.0 Å². The Balaban J connectivity index is 1.16. The fourth-order valence-electron chi connectivity index (χ4n) is 6.58. The molecule has 0 atom stereocenters. The molecule has 0 unspecified atom stereocenters.